The van der Waals surface area contributed by atoms with E-state index in [4.69, 9.17) is 9.84 Å². The third-order valence-electron chi connectivity index (χ3n) is 2.00. The van der Waals surface area contributed by atoms with Crippen molar-refractivity contribution in [2.24, 2.45) is 0 Å². The molecule has 88 valence electrons. The van der Waals surface area contributed by atoms with E-state index in [2.05, 4.69) is 21.0 Å². The predicted molar refractivity (Wildman–Crippen MR) is 54.4 cm³/mol. The average molecular weight is 226 g/mol. The lowest BCUT2D eigenvalue weighted by Gasteiger charge is -2.28. The Labute approximate surface area is 94.1 Å². The molecule has 0 spiro atoms. The van der Waals surface area contributed by atoms with Gasteiger partial charge in [-0.3, -0.25) is 0 Å². The molecule has 0 bridgehead atoms. The number of ether oxygens (including phenoxy) is 1. The smallest absolute Gasteiger partial charge is 0.182 e. The average Bonchev–Trinajstić information content (AvgIpc) is 2.09. The number of halogens is 1. The highest BCUT2D eigenvalue weighted by Crippen LogP contribution is 2.00. The zero-order valence-electron chi connectivity index (χ0n) is 9.63. The lowest BCUT2D eigenvalue weighted by Crippen LogP contribution is -3.00. The van der Waals surface area contributed by atoms with Crippen LogP contribution >= 0.6 is 0 Å². The predicted octanol–water partition coefficient (Wildman–Crippen LogP) is -1.78. The molecule has 0 amide bonds. The maximum absolute atomic E-state index is 8.69. The molecule has 0 radical (unpaired) electrons. The second-order valence-corrected chi connectivity index (χ2v) is 4.13. The summed E-state index contributed by atoms with van der Waals surface area (Å²) in [5, 5.41) is 8.69. The Morgan fingerprint density at radius 1 is 1.21 bits per heavy atom. The molecule has 4 heteroatoms. The summed E-state index contributed by atoms with van der Waals surface area (Å²) in [6, 6.07) is 0. The topological polar surface area (TPSA) is 29.5 Å². The van der Waals surface area contributed by atoms with Gasteiger partial charge in [0.15, 0.2) is 6.73 Å². The molecule has 0 aromatic carbocycles. The molecule has 0 aromatic rings. The highest BCUT2D eigenvalue weighted by atomic mass is 35.5. The van der Waals surface area contributed by atoms with Crippen molar-refractivity contribution in [3.05, 3.63) is 0 Å². The first-order valence-corrected chi connectivity index (χ1v) is 5.13. The van der Waals surface area contributed by atoms with Gasteiger partial charge in [-0.05, 0) is 6.42 Å². The normalized spacial score (nSPS) is 11.1. The minimum absolute atomic E-state index is 0. The third-order valence-corrected chi connectivity index (χ3v) is 2.00. The minimum Gasteiger partial charge on any atom is -1.00 e. The third kappa shape index (κ3) is 10.3. The number of hydrogen-bond acceptors (Lipinski definition) is 2. The van der Waals surface area contributed by atoms with Gasteiger partial charge in [-0.2, -0.15) is 0 Å². The molecule has 0 aliphatic heterocycles. The lowest BCUT2D eigenvalue weighted by atomic mass is 10.4. The van der Waals surface area contributed by atoms with Crippen molar-refractivity contribution in [3.63, 3.8) is 0 Å². The Morgan fingerprint density at radius 3 is 2.36 bits per heavy atom. The van der Waals surface area contributed by atoms with Crippen molar-refractivity contribution in [1.29, 1.82) is 0 Å². The van der Waals surface area contributed by atoms with Crippen molar-refractivity contribution < 1.29 is 26.7 Å². The van der Waals surface area contributed by atoms with Crippen molar-refractivity contribution in [2.75, 3.05) is 40.6 Å². The van der Waals surface area contributed by atoms with Crippen LogP contribution in [0.1, 0.15) is 26.2 Å². The molecule has 0 aromatic heterocycles. The Morgan fingerprint density at radius 2 is 1.86 bits per heavy atom. The summed E-state index contributed by atoms with van der Waals surface area (Å²) in [6.45, 7) is 5.02. The minimum atomic E-state index is 0. The Hall–Kier alpha value is 0.170. The summed E-state index contributed by atoms with van der Waals surface area (Å²) in [7, 11) is 4.25. The van der Waals surface area contributed by atoms with E-state index in [9.17, 15) is 0 Å². The van der Waals surface area contributed by atoms with E-state index >= 15 is 0 Å². The number of quaternary nitrogens is 1. The molecular weight excluding hydrogens is 202 g/mol. The fourth-order valence-corrected chi connectivity index (χ4v) is 1.12. The van der Waals surface area contributed by atoms with Crippen LogP contribution in [0.25, 0.3) is 0 Å². The van der Waals surface area contributed by atoms with E-state index in [0.29, 0.717) is 0 Å². The number of aliphatic hydroxyl groups is 1. The van der Waals surface area contributed by atoms with Gasteiger partial charge in [-0.25, -0.2) is 0 Å². The second kappa shape index (κ2) is 9.71. The summed E-state index contributed by atoms with van der Waals surface area (Å²) < 4.78 is 6.36. The highest BCUT2D eigenvalue weighted by Gasteiger charge is 2.13. The molecule has 0 unspecified atom stereocenters. The zero-order chi connectivity index (χ0) is 10.2. The van der Waals surface area contributed by atoms with Crippen molar-refractivity contribution >= 4 is 0 Å². The fraction of sp³-hybridized carbons (Fsp3) is 1.00. The molecule has 0 atom stereocenters. The first-order valence-electron chi connectivity index (χ1n) is 5.13. The summed E-state index contributed by atoms with van der Waals surface area (Å²) in [5.41, 5.74) is 0. The largest absolute Gasteiger partial charge is 1.00 e. The molecule has 14 heavy (non-hydrogen) atoms. The molecule has 0 aliphatic carbocycles. The molecule has 0 saturated carbocycles. The summed E-state index contributed by atoms with van der Waals surface area (Å²) in [4.78, 5) is 0. The van der Waals surface area contributed by atoms with Crippen LogP contribution in [0, 0.1) is 0 Å². The monoisotopic (exact) mass is 225 g/mol. The van der Waals surface area contributed by atoms with Gasteiger partial charge in [0.2, 0.25) is 0 Å². The molecule has 0 heterocycles. The van der Waals surface area contributed by atoms with Gasteiger partial charge in [-0.1, -0.05) is 13.3 Å². The maximum atomic E-state index is 8.69. The van der Waals surface area contributed by atoms with Crippen LogP contribution < -0.4 is 12.4 Å². The van der Waals surface area contributed by atoms with Gasteiger partial charge in [0.05, 0.1) is 27.2 Å². The van der Waals surface area contributed by atoms with Crippen LogP contribution in [0.2, 0.25) is 0 Å². The molecule has 0 fully saturated rings. The van der Waals surface area contributed by atoms with Crippen molar-refractivity contribution in [2.45, 2.75) is 26.2 Å². The Balaban J connectivity index is 0. The Kier molecular flexibility index (Phi) is 11.5. The van der Waals surface area contributed by atoms with E-state index in [1.165, 1.54) is 6.42 Å². The van der Waals surface area contributed by atoms with Gasteiger partial charge < -0.3 is 26.7 Å². The SMILES string of the molecule is CCCCOC[N+](C)(C)CCCO.[Cl-]. The van der Waals surface area contributed by atoms with Crippen LogP contribution in [0.5, 0.6) is 0 Å². The molecule has 3 nitrogen and oxygen atoms in total. The summed E-state index contributed by atoms with van der Waals surface area (Å²) in [5.74, 6) is 0. The van der Waals surface area contributed by atoms with Gasteiger partial charge >= 0.3 is 0 Å². The highest BCUT2D eigenvalue weighted by molar-refractivity contribution is 4.33. The number of rotatable bonds is 8. The first kappa shape index (κ1) is 16.6. The van der Waals surface area contributed by atoms with Gasteiger partial charge in [0.1, 0.15) is 0 Å². The Bertz CT molecular complexity index is 121. The molecule has 0 aliphatic rings. The molecule has 0 saturated heterocycles. The lowest BCUT2D eigenvalue weighted by molar-refractivity contribution is -0.909. The summed E-state index contributed by atoms with van der Waals surface area (Å²) in [6.07, 6.45) is 3.17. The number of nitrogens with zero attached hydrogens (tertiary/aromatic N) is 1. The molecule has 0 rings (SSSR count). The van der Waals surface area contributed by atoms with Crippen LogP contribution in [-0.4, -0.2) is 50.2 Å². The standard InChI is InChI=1S/C10H24NO2.ClH/c1-4-5-9-13-10-11(2,3)7-6-8-12;/h12H,4-10H2,1-3H3;1H/q+1;/p-1. The number of aliphatic hydroxyl groups excluding tert-OH is 1. The quantitative estimate of drug-likeness (QED) is 0.301. The van der Waals surface area contributed by atoms with E-state index in [1.807, 2.05) is 0 Å². The second-order valence-electron chi connectivity index (χ2n) is 4.13. The van der Waals surface area contributed by atoms with Crippen LogP contribution in [0.3, 0.4) is 0 Å². The summed E-state index contributed by atoms with van der Waals surface area (Å²) >= 11 is 0. The van der Waals surface area contributed by atoms with Gasteiger partial charge in [0, 0.05) is 13.0 Å². The van der Waals surface area contributed by atoms with E-state index in [1.54, 1.807) is 0 Å². The van der Waals surface area contributed by atoms with E-state index < -0.39 is 0 Å². The zero-order valence-corrected chi connectivity index (χ0v) is 10.4. The van der Waals surface area contributed by atoms with E-state index in [0.717, 1.165) is 37.2 Å². The fourth-order valence-electron chi connectivity index (χ4n) is 1.12. The molecular formula is C10H24ClNO2. The van der Waals surface area contributed by atoms with Crippen LogP contribution in [0.15, 0.2) is 0 Å². The number of unbranched alkanes of at least 4 members (excludes halogenated alkanes) is 1. The first-order chi connectivity index (χ1) is 6.12. The van der Waals surface area contributed by atoms with Crippen molar-refractivity contribution in [1.82, 2.24) is 0 Å². The maximum Gasteiger partial charge on any atom is 0.182 e. The van der Waals surface area contributed by atoms with Crippen LogP contribution in [0.4, 0.5) is 0 Å². The van der Waals surface area contributed by atoms with Gasteiger partial charge in [-0.15, -0.1) is 0 Å². The van der Waals surface area contributed by atoms with E-state index in [-0.39, 0.29) is 19.0 Å². The number of hydrogen-bond donors (Lipinski definition) is 1. The molecule has 1 N–H and O–H groups in total. The van der Waals surface area contributed by atoms with Crippen molar-refractivity contribution in [3.8, 4) is 0 Å². The van der Waals surface area contributed by atoms with Gasteiger partial charge in [0.25, 0.3) is 0 Å². The van der Waals surface area contributed by atoms with Crippen LogP contribution in [-0.2, 0) is 4.74 Å².